The molecule has 0 radical (unpaired) electrons. The maximum Gasteiger partial charge on any atom is 0.251 e. The van der Waals surface area contributed by atoms with Gasteiger partial charge in [-0.25, -0.2) is 9.97 Å². The molecule has 3 aromatic rings. The Morgan fingerprint density at radius 3 is 2.03 bits per heavy atom. The van der Waals surface area contributed by atoms with Crippen LogP contribution in [0.15, 0.2) is 60.7 Å². The molecule has 0 aliphatic rings. The van der Waals surface area contributed by atoms with Gasteiger partial charge in [0.15, 0.2) is 5.82 Å². The molecule has 1 aromatic heterocycles. The predicted molar refractivity (Wildman–Crippen MR) is 127 cm³/mol. The van der Waals surface area contributed by atoms with Gasteiger partial charge in [-0.3, -0.25) is 9.59 Å². The summed E-state index contributed by atoms with van der Waals surface area (Å²) in [6.07, 6.45) is 0. The summed E-state index contributed by atoms with van der Waals surface area (Å²) in [6, 6.07) is 19.9. The molecule has 0 atom stereocenters. The average molecular weight is 444 g/mol. The van der Waals surface area contributed by atoms with Crippen molar-refractivity contribution in [2.24, 2.45) is 0 Å². The number of carbonyl (C=O) groups excluding carboxylic acids is 2. The molecular formula is C24H25N7O2. The lowest BCUT2D eigenvalue weighted by molar-refractivity contribution is -0.118. The van der Waals surface area contributed by atoms with E-state index in [1.54, 1.807) is 30.3 Å². The van der Waals surface area contributed by atoms with E-state index in [-0.39, 0.29) is 11.8 Å². The van der Waals surface area contributed by atoms with E-state index in [9.17, 15) is 9.59 Å². The molecule has 0 aliphatic carbocycles. The Balaban J connectivity index is 1.60. The molecule has 0 saturated carbocycles. The fraction of sp³-hybridized carbons (Fsp3) is 0.208. The average Bonchev–Trinajstić information content (AvgIpc) is 2.85. The van der Waals surface area contributed by atoms with Gasteiger partial charge in [-0.05, 0) is 24.3 Å². The number of anilines is 2. The standard InChI is InChI=1S/C24H25N7O2/c1-17(32)26-11-12-27-21-15-22(31-23(30-21)19-5-3-2-4-6-19)28-13-14-29-24(33)20-9-7-18(16-25)8-10-20/h2-10,15H,11-14H2,1H3,(H,26,32)(H,29,33)(H2,27,28,30,31). The third-order valence-corrected chi connectivity index (χ3v) is 4.56. The van der Waals surface area contributed by atoms with E-state index in [1.165, 1.54) is 6.92 Å². The van der Waals surface area contributed by atoms with E-state index >= 15 is 0 Å². The maximum absolute atomic E-state index is 12.3. The lowest BCUT2D eigenvalue weighted by atomic mass is 10.1. The van der Waals surface area contributed by atoms with Crippen LogP contribution in [0.3, 0.4) is 0 Å². The van der Waals surface area contributed by atoms with Crippen LogP contribution in [0.5, 0.6) is 0 Å². The van der Waals surface area contributed by atoms with Gasteiger partial charge in [0, 0.05) is 50.3 Å². The van der Waals surface area contributed by atoms with Gasteiger partial charge in [0.1, 0.15) is 11.6 Å². The number of benzene rings is 2. The van der Waals surface area contributed by atoms with Crippen LogP contribution >= 0.6 is 0 Å². The van der Waals surface area contributed by atoms with Crippen molar-refractivity contribution >= 4 is 23.5 Å². The molecule has 9 nitrogen and oxygen atoms in total. The van der Waals surface area contributed by atoms with Gasteiger partial charge in [-0.2, -0.15) is 5.26 Å². The first kappa shape index (κ1) is 23.2. The molecular weight excluding hydrogens is 418 g/mol. The number of nitrogens with zero attached hydrogens (tertiary/aromatic N) is 3. The second kappa shape index (κ2) is 11.8. The van der Waals surface area contributed by atoms with E-state index in [2.05, 4.69) is 31.2 Å². The Morgan fingerprint density at radius 2 is 1.45 bits per heavy atom. The number of hydrogen-bond acceptors (Lipinski definition) is 7. The van der Waals surface area contributed by atoms with Gasteiger partial charge in [-0.15, -0.1) is 0 Å². The Labute approximate surface area is 192 Å². The van der Waals surface area contributed by atoms with E-state index in [4.69, 9.17) is 5.26 Å². The van der Waals surface area contributed by atoms with Crippen molar-refractivity contribution in [2.75, 3.05) is 36.8 Å². The van der Waals surface area contributed by atoms with Crippen LogP contribution < -0.4 is 21.3 Å². The van der Waals surface area contributed by atoms with Gasteiger partial charge in [0.2, 0.25) is 5.91 Å². The zero-order valence-electron chi connectivity index (χ0n) is 18.3. The minimum atomic E-state index is -0.214. The highest BCUT2D eigenvalue weighted by Gasteiger charge is 2.08. The second-order valence-electron chi connectivity index (χ2n) is 7.11. The smallest absolute Gasteiger partial charge is 0.251 e. The van der Waals surface area contributed by atoms with Crippen LogP contribution in [-0.4, -0.2) is 48.0 Å². The van der Waals surface area contributed by atoms with E-state index < -0.39 is 0 Å². The van der Waals surface area contributed by atoms with Crippen molar-refractivity contribution < 1.29 is 9.59 Å². The fourth-order valence-corrected chi connectivity index (χ4v) is 2.94. The van der Waals surface area contributed by atoms with Crippen LogP contribution in [0, 0.1) is 11.3 Å². The Morgan fingerprint density at radius 1 is 0.848 bits per heavy atom. The van der Waals surface area contributed by atoms with Gasteiger partial charge in [-0.1, -0.05) is 30.3 Å². The van der Waals surface area contributed by atoms with Gasteiger partial charge in [0.25, 0.3) is 5.91 Å². The first-order valence-electron chi connectivity index (χ1n) is 10.5. The fourth-order valence-electron chi connectivity index (χ4n) is 2.94. The molecule has 33 heavy (non-hydrogen) atoms. The van der Waals surface area contributed by atoms with Crippen LogP contribution in [-0.2, 0) is 4.79 Å². The lowest BCUT2D eigenvalue weighted by Crippen LogP contribution is -2.29. The Bertz CT molecular complexity index is 1130. The number of nitrogens with one attached hydrogen (secondary N) is 4. The van der Waals surface area contributed by atoms with E-state index in [0.717, 1.165) is 5.56 Å². The zero-order valence-corrected chi connectivity index (χ0v) is 18.3. The highest BCUT2D eigenvalue weighted by atomic mass is 16.2. The highest BCUT2D eigenvalue weighted by Crippen LogP contribution is 2.20. The van der Waals surface area contributed by atoms with Gasteiger partial charge >= 0.3 is 0 Å². The molecule has 3 rings (SSSR count). The zero-order chi connectivity index (χ0) is 23.5. The van der Waals surface area contributed by atoms with Crippen LogP contribution in [0.4, 0.5) is 11.6 Å². The van der Waals surface area contributed by atoms with Crippen molar-refractivity contribution in [3.8, 4) is 17.5 Å². The van der Waals surface area contributed by atoms with Crippen LogP contribution in [0.1, 0.15) is 22.8 Å². The maximum atomic E-state index is 12.3. The minimum absolute atomic E-state index is 0.0881. The number of nitriles is 1. The molecule has 0 aliphatic heterocycles. The third-order valence-electron chi connectivity index (χ3n) is 4.56. The van der Waals surface area contributed by atoms with Crippen molar-refractivity contribution in [3.63, 3.8) is 0 Å². The van der Waals surface area contributed by atoms with Crippen molar-refractivity contribution in [1.29, 1.82) is 5.26 Å². The predicted octanol–water partition coefficient (Wildman–Crippen LogP) is 2.41. The summed E-state index contributed by atoms with van der Waals surface area (Å²) in [6.45, 7) is 3.31. The summed E-state index contributed by atoms with van der Waals surface area (Å²) in [5.41, 5.74) is 1.88. The third kappa shape index (κ3) is 7.33. The quantitative estimate of drug-likeness (QED) is 0.354. The Hall–Kier alpha value is -4.45. The van der Waals surface area contributed by atoms with Crippen LogP contribution in [0.2, 0.25) is 0 Å². The number of carbonyl (C=O) groups is 2. The highest BCUT2D eigenvalue weighted by molar-refractivity contribution is 5.94. The number of amides is 2. The Kier molecular flexibility index (Phi) is 8.31. The minimum Gasteiger partial charge on any atom is -0.368 e. The lowest BCUT2D eigenvalue weighted by Gasteiger charge is -2.12. The molecule has 2 aromatic carbocycles. The summed E-state index contributed by atoms with van der Waals surface area (Å²) in [5, 5.41) is 20.8. The molecule has 0 fully saturated rings. The monoisotopic (exact) mass is 443 g/mol. The summed E-state index contributed by atoms with van der Waals surface area (Å²) in [4.78, 5) is 32.4. The largest absolute Gasteiger partial charge is 0.368 e. The molecule has 0 spiro atoms. The molecule has 1 heterocycles. The molecule has 168 valence electrons. The van der Waals surface area contributed by atoms with Crippen molar-refractivity contribution in [3.05, 3.63) is 71.8 Å². The van der Waals surface area contributed by atoms with Crippen molar-refractivity contribution in [2.45, 2.75) is 6.92 Å². The van der Waals surface area contributed by atoms with Gasteiger partial charge in [0.05, 0.1) is 11.6 Å². The topological polar surface area (TPSA) is 132 Å². The number of rotatable bonds is 10. The first-order valence-corrected chi connectivity index (χ1v) is 10.5. The molecule has 9 heteroatoms. The van der Waals surface area contributed by atoms with E-state index in [1.807, 2.05) is 36.4 Å². The summed E-state index contributed by atoms with van der Waals surface area (Å²) in [5.74, 6) is 1.49. The van der Waals surface area contributed by atoms with Gasteiger partial charge < -0.3 is 21.3 Å². The molecule has 0 unspecified atom stereocenters. The second-order valence-corrected chi connectivity index (χ2v) is 7.11. The number of hydrogen-bond donors (Lipinski definition) is 4. The van der Waals surface area contributed by atoms with E-state index in [0.29, 0.717) is 54.8 Å². The summed E-state index contributed by atoms with van der Waals surface area (Å²) >= 11 is 0. The van der Waals surface area contributed by atoms with Crippen molar-refractivity contribution in [1.82, 2.24) is 20.6 Å². The summed E-state index contributed by atoms with van der Waals surface area (Å²) in [7, 11) is 0. The molecule has 0 saturated heterocycles. The van der Waals surface area contributed by atoms with Crippen LogP contribution in [0.25, 0.3) is 11.4 Å². The molecule has 4 N–H and O–H groups in total. The first-order chi connectivity index (χ1) is 16.0. The molecule has 2 amide bonds. The number of aromatic nitrogens is 2. The normalized spacial score (nSPS) is 10.1. The SMILES string of the molecule is CC(=O)NCCNc1cc(NCCNC(=O)c2ccc(C#N)cc2)nc(-c2ccccc2)n1. The summed E-state index contributed by atoms with van der Waals surface area (Å²) < 4.78 is 0. The molecule has 0 bridgehead atoms.